The second-order valence-corrected chi connectivity index (χ2v) is 3.72. The number of alkyl halides is 3. The fourth-order valence-corrected chi connectivity index (χ4v) is 1.69. The first-order valence-electron chi connectivity index (χ1n) is 4.96. The Bertz CT molecular complexity index is 592. The largest absolute Gasteiger partial charge is 0.481 e. The molecule has 2 rings (SSSR count). The van der Waals surface area contributed by atoms with Gasteiger partial charge in [0, 0.05) is 0 Å². The van der Waals surface area contributed by atoms with Crippen molar-refractivity contribution < 1.29 is 23.1 Å². The van der Waals surface area contributed by atoms with Crippen molar-refractivity contribution in [3.05, 3.63) is 23.8 Å². The van der Waals surface area contributed by atoms with Crippen LogP contribution in [0.4, 0.5) is 13.2 Å². The zero-order valence-corrected chi connectivity index (χ0v) is 8.98. The smallest absolute Gasteiger partial charge is 0.408 e. The number of aliphatic carboxylic acids is 1. The summed E-state index contributed by atoms with van der Waals surface area (Å²) in [5.74, 6) is -1.12. The molecule has 0 spiro atoms. The number of hydrogen-bond acceptors (Lipinski definition) is 3. The summed E-state index contributed by atoms with van der Waals surface area (Å²) in [6, 6.07) is 4.47. The molecule has 0 atom stereocenters. The molecule has 0 aliphatic heterocycles. The first kappa shape index (κ1) is 12.3. The number of carbonyl (C=O) groups is 1. The Hall–Kier alpha value is -2.12. The number of aromatic nitrogens is 3. The first-order chi connectivity index (χ1) is 8.37. The van der Waals surface area contributed by atoms with E-state index in [1.54, 1.807) is 0 Å². The second kappa shape index (κ2) is 4.28. The highest BCUT2D eigenvalue weighted by Crippen LogP contribution is 2.22. The van der Waals surface area contributed by atoms with Gasteiger partial charge in [0.15, 0.2) is 0 Å². The van der Waals surface area contributed by atoms with Gasteiger partial charge in [0.05, 0.1) is 11.9 Å². The third-order valence-electron chi connectivity index (χ3n) is 2.29. The van der Waals surface area contributed by atoms with Gasteiger partial charge in [-0.05, 0) is 11.6 Å². The number of carboxylic acid groups (broad SMARTS) is 1. The van der Waals surface area contributed by atoms with E-state index in [2.05, 4.69) is 10.3 Å². The molecule has 18 heavy (non-hydrogen) atoms. The minimum absolute atomic E-state index is 0.109. The SMILES string of the molecule is O=C(O)Cc1cccc2nnn(CC(F)(F)F)c12. The number of halogens is 3. The van der Waals surface area contributed by atoms with Crippen molar-refractivity contribution in [2.75, 3.05) is 0 Å². The molecule has 0 saturated carbocycles. The average Bonchev–Trinajstić information content (AvgIpc) is 2.59. The Morgan fingerprint density at radius 1 is 1.39 bits per heavy atom. The summed E-state index contributed by atoms with van der Waals surface area (Å²) in [7, 11) is 0. The maximum atomic E-state index is 12.3. The molecular formula is C10H8F3N3O2. The van der Waals surface area contributed by atoms with Gasteiger partial charge in [0.25, 0.3) is 0 Å². The fraction of sp³-hybridized carbons (Fsp3) is 0.300. The summed E-state index contributed by atoms with van der Waals surface area (Å²) < 4.78 is 37.7. The zero-order chi connectivity index (χ0) is 13.3. The monoisotopic (exact) mass is 259 g/mol. The van der Waals surface area contributed by atoms with E-state index in [9.17, 15) is 18.0 Å². The van der Waals surface area contributed by atoms with Gasteiger partial charge in [-0.25, -0.2) is 4.68 Å². The molecule has 0 fully saturated rings. The Morgan fingerprint density at radius 2 is 2.11 bits per heavy atom. The lowest BCUT2D eigenvalue weighted by Crippen LogP contribution is -2.19. The van der Waals surface area contributed by atoms with Crippen LogP contribution in [0.25, 0.3) is 11.0 Å². The fourth-order valence-electron chi connectivity index (χ4n) is 1.69. The maximum Gasteiger partial charge on any atom is 0.408 e. The van der Waals surface area contributed by atoms with Crippen LogP contribution in [-0.2, 0) is 17.8 Å². The highest BCUT2D eigenvalue weighted by atomic mass is 19.4. The Balaban J connectivity index is 2.51. The topological polar surface area (TPSA) is 68.0 Å². The molecule has 2 aromatic rings. The second-order valence-electron chi connectivity index (χ2n) is 3.72. The van der Waals surface area contributed by atoms with Crippen LogP contribution in [0, 0.1) is 0 Å². The van der Waals surface area contributed by atoms with Crippen molar-refractivity contribution in [2.24, 2.45) is 0 Å². The Labute approximate surface area is 98.8 Å². The standard InChI is InChI=1S/C10H8F3N3O2/c11-10(12,13)5-16-9-6(4-8(17)18)2-1-3-7(9)14-15-16/h1-3H,4-5H2,(H,17,18). The maximum absolute atomic E-state index is 12.3. The van der Waals surface area contributed by atoms with Gasteiger partial charge < -0.3 is 5.11 Å². The minimum Gasteiger partial charge on any atom is -0.481 e. The van der Waals surface area contributed by atoms with Crippen LogP contribution >= 0.6 is 0 Å². The quantitative estimate of drug-likeness (QED) is 0.909. The molecule has 96 valence electrons. The van der Waals surface area contributed by atoms with Crippen LogP contribution in [0.15, 0.2) is 18.2 Å². The summed E-state index contributed by atoms with van der Waals surface area (Å²) >= 11 is 0. The summed E-state index contributed by atoms with van der Waals surface area (Å²) in [4.78, 5) is 10.7. The highest BCUT2D eigenvalue weighted by Gasteiger charge is 2.30. The van der Waals surface area contributed by atoms with Crippen molar-refractivity contribution in [3.63, 3.8) is 0 Å². The van der Waals surface area contributed by atoms with Gasteiger partial charge >= 0.3 is 12.1 Å². The molecule has 0 unspecified atom stereocenters. The van der Waals surface area contributed by atoms with Crippen LogP contribution in [0.3, 0.4) is 0 Å². The van der Waals surface area contributed by atoms with Crippen LogP contribution in [-0.4, -0.2) is 32.2 Å². The van der Waals surface area contributed by atoms with E-state index in [0.29, 0.717) is 4.68 Å². The lowest BCUT2D eigenvalue weighted by molar-refractivity contribution is -0.142. The molecular weight excluding hydrogens is 251 g/mol. The van der Waals surface area contributed by atoms with Gasteiger partial charge in [-0.15, -0.1) is 5.10 Å². The zero-order valence-electron chi connectivity index (χ0n) is 8.98. The third kappa shape index (κ3) is 2.58. The molecule has 1 aromatic heterocycles. The number of fused-ring (bicyclic) bond motifs is 1. The van der Waals surface area contributed by atoms with Crippen molar-refractivity contribution in [2.45, 2.75) is 19.1 Å². The number of benzene rings is 1. The molecule has 5 nitrogen and oxygen atoms in total. The van der Waals surface area contributed by atoms with E-state index in [-0.39, 0.29) is 23.0 Å². The lowest BCUT2D eigenvalue weighted by Gasteiger charge is -2.08. The molecule has 1 heterocycles. The molecule has 0 aliphatic carbocycles. The van der Waals surface area contributed by atoms with Gasteiger partial charge in [0.2, 0.25) is 0 Å². The van der Waals surface area contributed by atoms with Crippen LogP contribution in [0.1, 0.15) is 5.56 Å². The summed E-state index contributed by atoms with van der Waals surface area (Å²) in [6.45, 7) is -1.29. The predicted octanol–water partition coefficient (Wildman–Crippen LogP) is 1.62. The van der Waals surface area contributed by atoms with Crippen molar-refractivity contribution in [1.82, 2.24) is 15.0 Å². The molecule has 0 amide bonds. The van der Waals surface area contributed by atoms with Crippen LogP contribution in [0.5, 0.6) is 0 Å². The average molecular weight is 259 g/mol. The van der Waals surface area contributed by atoms with Gasteiger partial charge in [0.1, 0.15) is 12.1 Å². The van der Waals surface area contributed by atoms with Gasteiger partial charge in [-0.1, -0.05) is 17.3 Å². The number of carboxylic acids is 1. The number of para-hydroxylation sites is 1. The number of hydrogen-bond donors (Lipinski definition) is 1. The van der Waals surface area contributed by atoms with Gasteiger partial charge in [-0.3, -0.25) is 4.79 Å². The van der Waals surface area contributed by atoms with Crippen molar-refractivity contribution in [3.8, 4) is 0 Å². The number of rotatable bonds is 3. The molecule has 0 aliphatic rings. The molecule has 1 N–H and O–H groups in total. The molecule has 1 aromatic carbocycles. The highest BCUT2D eigenvalue weighted by molar-refractivity contribution is 5.83. The lowest BCUT2D eigenvalue weighted by atomic mass is 10.1. The molecule has 0 bridgehead atoms. The van der Waals surface area contributed by atoms with E-state index in [0.717, 1.165) is 0 Å². The third-order valence-corrected chi connectivity index (χ3v) is 2.29. The summed E-state index contributed by atoms with van der Waals surface area (Å²) in [6.07, 6.45) is -4.81. The normalized spacial score (nSPS) is 11.9. The molecule has 0 saturated heterocycles. The van der Waals surface area contributed by atoms with E-state index < -0.39 is 18.7 Å². The van der Waals surface area contributed by atoms with E-state index >= 15 is 0 Å². The Kier molecular flexibility index (Phi) is 2.93. The Morgan fingerprint density at radius 3 is 2.72 bits per heavy atom. The van der Waals surface area contributed by atoms with Gasteiger partial charge in [-0.2, -0.15) is 13.2 Å². The van der Waals surface area contributed by atoms with E-state index in [4.69, 9.17) is 5.11 Å². The van der Waals surface area contributed by atoms with Crippen molar-refractivity contribution in [1.29, 1.82) is 0 Å². The van der Waals surface area contributed by atoms with Crippen LogP contribution in [0.2, 0.25) is 0 Å². The van der Waals surface area contributed by atoms with E-state index in [1.807, 2.05) is 0 Å². The minimum atomic E-state index is -4.43. The molecule has 8 heteroatoms. The number of nitrogens with zero attached hydrogens (tertiary/aromatic N) is 3. The molecule has 0 radical (unpaired) electrons. The summed E-state index contributed by atoms with van der Waals surface area (Å²) in [5.41, 5.74) is 0.615. The van der Waals surface area contributed by atoms with E-state index in [1.165, 1.54) is 18.2 Å². The summed E-state index contributed by atoms with van der Waals surface area (Å²) in [5, 5.41) is 15.7. The van der Waals surface area contributed by atoms with Crippen LogP contribution < -0.4 is 0 Å². The predicted molar refractivity (Wildman–Crippen MR) is 54.9 cm³/mol. The first-order valence-corrected chi connectivity index (χ1v) is 4.96. The van der Waals surface area contributed by atoms with Crippen molar-refractivity contribution >= 4 is 17.0 Å².